The molecule has 0 aromatic heterocycles. The molecular weight excluding hydrogens is 354 g/mol. The molecule has 0 saturated carbocycles. The number of carbonyl (C=O) groups is 3. The number of anilines is 2. The lowest BCUT2D eigenvalue weighted by Crippen LogP contribution is -2.28. The summed E-state index contributed by atoms with van der Waals surface area (Å²) in [5.41, 5.74) is 3.94. The van der Waals surface area contributed by atoms with Crippen molar-refractivity contribution < 1.29 is 14.4 Å². The highest BCUT2D eigenvalue weighted by Gasteiger charge is 2.35. The van der Waals surface area contributed by atoms with Gasteiger partial charge < -0.3 is 15.5 Å². The molecule has 0 spiro atoms. The summed E-state index contributed by atoms with van der Waals surface area (Å²) in [6.07, 6.45) is 1.11. The van der Waals surface area contributed by atoms with E-state index in [2.05, 4.69) is 17.6 Å². The van der Waals surface area contributed by atoms with Gasteiger partial charge in [-0.3, -0.25) is 14.4 Å². The largest absolute Gasteiger partial charge is 0.355 e. The summed E-state index contributed by atoms with van der Waals surface area (Å²) in [6, 6.07) is 13.0. The van der Waals surface area contributed by atoms with Crippen molar-refractivity contribution in [3.63, 3.8) is 0 Å². The molecule has 2 aromatic carbocycles. The predicted octanol–water partition coefficient (Wildman–Crippen LogP) is 2.91. The zero-order chi connectivity index (χ0) is 20.3. The number of nitrogens with one attached hydrogen (secondary N) is 2. The van der Waals surface area contributed by atoms with Crippen LogP contribution in [0.1, 0.15) is 34.8 Å². The maximum atomic E-state index is 12.7. The maximum Gasteiger partial charge on any atom is 0.251 e. The zero-order valence-electron chi connectivity index (χ0n) is 16.4. The Balaban J connectivity index is 1.72. The number of nitrogens with zero attached hydrogens (tertiary/aromatic N) is 1. The van der Waals surface area contributed by atoms with Crippen molar-refractivity contribution in [2.24, 2.45) is 5.92 Å². The molecule has 6 nitrogen and oxygen atoms in total. The Morgan fingerprint density at radius 3 is 2.50 bits per heavy atom. The van der Waals surface area contributed by atoms with Crippen LogP contribution in [0.5, 0.6) is 0 Å². The van der Waals surface area contributed by atoms with Crippen LogP contribution in [0.15, 0.2) is 42.5 Å². The molecule has 6 heteroatoms. The van der Waals surface area contributed by atoms with Crippen LogP contribution in [0.25, 0.3) is 0 Å². The molecule has 1 saturated heterocycles. The first-order chi connectivity index (χ1) is 13.4. The standard InChI is InChI=1S/C22H25N3O3/c1-4-15-6-9-18(10-7-15)25-13-17(12-20(25)26)22(28)24-19-11-16(21(27)23-3)8-5-14(19)2/h5-11,17H,4,12-13H2,1-3H3,(H,23,27)(H,24,28). The molecular formula is C22H25N3O3. The zero-order valence-corrected chi connectivity index (χ0v) is 16.4. The van der Waals surface area contributed by atoms with Gasteiger partial charge in [-0.2, -0.15) is 0 Å². The molecule has 146 valence electrons. The monoisotopic (exact) mass is 379 g/mol. The van der Waals surface area contributed by atoms with Gasteiger partial charge in [0.1, 0.15) is 0 Å². The van der Waals surface area contributed by atoms with Gasteiger partial charge >= 0.3 is 0 Å². The number of hydrogen-bond donors (Lipinski definition) is 2. The van der Waals surface area contributed by atoms with E-state index >= 15 is 0 Å². The van der Waals surface area contributed by atoms with Gasteiger partial charge in [-0.25, -0.2) is 0 Å². The number of rotatable bonds is 5. The van der Waals surface area contributed by atoms with Gasteiger partial charge in [0.2, 0.25) is 11.8 Å². The summed E-state index contributed by atoms with van der Waals surface area (Å²) in [4.78, 5) is 38.7. The van der Waals surface area contributed by atoms with Crippen LogP contribution < -0.4 is 15.5 Å². The average molecular weight is 379 g/mol. The quantitative estimate of drug-likeness (QED) is 0.838. The molecule has 3 rings (SSSR count). The van der Waals surface area contributed by atoms with E-state index in [-0.39, 0.29) is 24.1 Å². The van der Waals surface area contributed by atoms with Gasteiger partial charge in [0.05, 0.1) is 5.92 Å². The van der Waals surface area contributed by atoms with Gasteiger partial charge in [-0.05, 0) is 48.7 Å². The Kier molecular flexibility index (Phi) is 5.78. The van der Waals surface area contributed by atoms with Crippen molar-refractivity contribution in [1.82, 2.24) is 5.32 Å². The van der Waals surface area contributed by atoms with E-state index in [0.717, 1.165) is 17.7 Å². The molecule has 1 fully saturated rings. The number of aryl methyl sites for hydroxylation is 2. The summed E-state index contributed by atoms with van der Waals surface area (Å²) < 4.78 is 0. The summed E-state index contributed by atoms with van der Waals surface area (Å²) in [5.74, 6) is -0.909. The van der Waals surface area contributed by atoms with Crippen LogP contribution in [0, 0.1) is 12.8 Å². The van der Waals surface area contributed by atoms with Crippen molar-refractivity contribution in [3.05, 3.63) is 59.2 Å². The molecule has 1 aliphatic heterocycles. The Morgan fingerprint density at radius 1 is 1.14 bits per heavy atom. The molecule has 1 heterocycles. The van der Waals surface area contributed by atoms with E-state index < -0.39 is 5.92 Å². The van der Waals surface area contributed by atoms with Gasteiger partial charge in [-0.15, -0.1) is 0 Å². The van der Waals surface area contributed by atoms with Crippen LogP contribution >= 0.6 is 0 Å². The molecule has 0 aliphatic carbocycles. The van der Waals surface area contributed by atoms with E-state index in [9.17, 15) is 14.4 Å². The van der Waals surface area contributed by atoms with Crippen LogP contribution in [0.3, 0.4) is 0 Å². The molecule has 2 N–H and O–H groups in total. The fourth-order valence-corrected chi connectivity index (χ4v) is 3.32. The van der Waals surface area contributed by atoms with Crippen LogP contribution in [-0.4, -0.2) is 31.3 Å². The highest BCUT2D eigenvalue weighted by Crippen LogP contribution is 2.27. The minimum absolute atomic E-state index is 0.0553. The third-order valence-corrected chi connectivity index (χ3v) is 5.14. The number of amides is 3. The third-order valence-electron chi connectivity index (χ3n) is 5.14. The number of benzene rings is 2. The number of carbonyl (C=O) groups excluding carboxylic acids is 3. The lowest BCUT2D eigenvalue weighted by Gasteiger charge is -2.17. The highest BCUT2D eigenvalue weighted by atomic mass is 16.2. The Bertz CT molecular complexity index is 906. The molecule has 1 atom stereocenters. The molecule has 1 aliphatic rings. The summed E-state index contributed by atoms with van der Waals surface area (Å²) in [7, 11) is 1.56. The Labute approximate surface area is 164 Å². The SMILES string of the molecule is CCc1ccc(N2CC(C(=O)Nc3cc(C(=O)NC)ccc3C)CC2=O)cc1. The van der Waals surface area contributed by atoms with Crippen molar-refractivity contribution >= 4 is 29.1 Å². The fraction of sp³-hybridized carbons (Fsp3) is 0.318. The van der Waals surface area contributed by atoms with Crippen molar-refractivity contribution in [1.29, 1.82) is 0 Å². The fourth-order valence-electron chi connectivity index (χ4n) is 3.32. The molecule has 0 radical (unpaired) electrons. The van der Waals surface area contributed by atoms with E-state index in [1.165, 1.54) is 5.56 Å². The van der Waals surface area contributed by atoms with E-state index in [1.54, 1.807) is 30.1 Å². The molecule has 28 heavy (non-hydrogen) atoms. The van der Waals surface area contributed by atoms with E-state index in [0.29, 0.717) is 17.8 Å². The average Bonchev–Trinajstić information content (AvgIpc) is 3.11. The van der Waals surface area contributed by atoms with Crippen LogP contribution in [0.4, 0.5) is 11.4 Å². The number of hydrogen-bond acceptors (Lipinski definition) is 3. The van der Waals surface area contributed by atoms with E-state index in [1.807, 2.05) is 31.2 Å². The normalized spacial score (nSPS) is 16.2. The van der Waals surface area contributed by atoms with Crippen molar-refractivity contribution in [2.75, 3.05) is 23.8 Å². The first-order valence-electron chi connectivity index (χ1n) is 9.45. The smallest absolute Gasteiger partial charge is 0.251 e. The molecule has 1 unspecified atom stereocenters. The topological polar surface area (TPSA) is 78.5 Å². The van der Waals surface area contributed by atoms with E-state index in [4.69, 9.17) is 0 Å². The first-order valence-corrected chi connectivity index (χ1v) is 9.45. The van der Waals surface area contributed by atoms with Crippen molar-refractivity contribution in [2.45, 2.75) is 26.7 Å². The molecule has 0 bridgehead atoms. The summed E-state index contributed by atoms with van der Waals surface area (Å²) in [6.45, 7) is 4.30. The van der Waals surface area contributed by atoms with Crippen molar-refractivity contribution in [3.8, 4) is 0 Å². The second kappa shape index (κ2) is 8.25. The molecule has 2 aromatic rings. The predicted molar refractivity (Wildman–Crippen MR) is 109 cm³/mol. The van der Waals surface area contributed by atoms with Gasteiger partial charge in [-0.1, -0.05) is 25.1 Å². The van der Waals surface area contributed by atoms with Gasteiger partial charge in [0, 0.05) is 37.0 Å². The molecule has 3 amide bonds. The Hall–Kier alpha value is -3.15. The Morgan fingerprint density at radius 2 is 1.86 bits per heavy atom. The summed E-state index contributed by atoms with van der Waals surface area (Å²) >= 11 is 0. The summed E-state index contributed by atoms with van der Waals surface area (Å²) in [5, 5.41) is 5.46. The van der Waals surface area contributed by atoms with Gasteiger partial charge in [0.25, 0.3) is 5.91 Å². The second-order valence-electron chi connectivity index (χ2n) is 7.02. The van der Waals surface area contributed by atoms with Crippen LogP contribution in [-0.2, 0) is 16.0 Å². The second-order valence-corrected chi connectivity index (χ2v) is 7.02. The highest BCUT2D eigenvalue weighted by molar-refractivity contribution is 6.04. The van der Waals surface area contributed by atoms with Gasteiger partial charge in [0.15, 0.2) is 0 Å². The van der Waals surface area contributed by atoms with Crippen LogP contribution in [0.2, 0.25) is 0 Å². The minimum Gasteiger partial charge on any atom is -0.355 e. The maximum absolute atomic E-state index is 12.7. The lowest BCUT2D eigenvalue weighted by atomic mass is 10.1. The minimum atomic E-state index is -0.429. The third kappa shape index (κ3) is 4.06. The first kappa shape index (κ1) is 19.6. The lowest BCUT2D eigenvalue weighted by molar-refractivity contribution is -0.122.